The fourth-order valence-electron chi connectivity index (χ4n) is 3.63. The third kappa shape index (κ3) is 5.49. The molecule has 154 valence electrons. The lowest BCUT2D eigenvalue weighted by molar-refractivity contribution is -0.385. The largest absolute Gasteiger partial charge is 0.480 e. The van der Waals surface area contributed by atoms with Gasteiger partial charge >= 0.3 is 5.97 Å². The Hall–Kier alpha value is -2.52. The van der Waals surface area contributed by atoms with Gasteiger partial charge in [0.05, 0.1) is 28.8 Å². The number of carbonyl (C=O) groups excluding carboxylic acids is 1. The van der Waals surface area contributed by atoms with Crippen LogP contribution in [-0.4, -0.2) is 70.5 Å². The molecular weight excluding hydrogens is 364 g/mol. The van der Waals surface area contributed by atoms with E-state index in [-0.39, 0.29) is 30.2 Å². The van der Waals surface area contributed by atoms with Crippen molar-refractivity contribution in [3.8, 4) is 0 Å². The van der Waals surface area contributed by atoms with E-state index >= 15 is 0 Å². The van der Waals surface area contributed by atoms with Gasteiger partial charge in [-0.3, -0.25) is 29.5 Å². The van der Waals surface area contributed by atoms with Gasteiger partial charge < -0.3 is 10.4 Å². The maximum absolute atomic E-state index is 12.7. The molecule has 0 radical (unpaired) electrons. The number of anilines is 1. The average Bonchev–Trinajstić information content (AvgIpc) is 2.88. The lowest BCUT2D eigenvalue weighted by Gasteiger charge is -2.28. The highest BCUT2D eigenvalue weighted by Crippen LogP contribution is 2.25. The Bertz CT molecular complexity index is 739. The van der Waals surface area contributed by atoms with Gasteiger partial charge in [-0.25, -0.2) is 0 Å². The van der Waals surface area contributed by atoms with E-state index in [4.69, 9.17) is 5.11 Å². The van der Waals surface area contributed by atoms with E-state index in [1.165, 1.54) is 6.07 Å². The smallest absolute Gasteiger partial charge is 0.317 e. The van der Waals surface area contributed by atoms with E-state index in [1.807, 2.05) is 18.9 Å². The summed E-state index contributed by atoms with van der Waals surface area (Å²) in [5.74, 6) is -1.05. The third-order valence-electron chi connectivity index (χ3n) is 5.43. The summed E-state index contributed by atoms with van der Waals surface area (Å²) in [6, 6.07) is 4.42. The van der Waals surface area contributed by atoms with Gasteiger partial charge in [-0.1, -0.05) is 6.07 Å². The molecule has 1 heterocycles. The molecule has 1 aliphatic heterocycles. The number of nitro groups is 1. The second-order valence-corrected chi connectivity index (χ2v) is 7.30. The number of hydrogen-bond donors (Lipinski definition) is 2. The summed E-state index contributed by atoms with van der Waals surface area (Å²) in [7, 11) is 1.82. The molecule has 28 heavy (non-hydrogen) atoms. The zero-order chi connectivity index (χ0) is 20.8. The van der Waals surface area contributed by atoms with Crippen LogP contribution in [0.2, 0.25) is 0 Å². The lowest BCUT2D eigenvalue weighted by Crippen LogP contribution is -2.43. The van der Waals surface area contributed by atoms with Crippen molar-refractivity contribution in [1.82, 2.24) is 9.80 Å². The molecule has 1 aliphatic rings. The number of nitrogens with zero attached hydrogens (tertiary/aromatic N) is 3. The monoisotopic (exact) mass is 392 g/mol. The number of amides is 1. The quantitative estimate of drug-likeness (QED) is 0.539. The van der Waals surface area contributed by atoms with Crippen LogP contribution in [0.15, 0.2) is 18.2 Å². The normalized spacial score (nSPS) is 19.1. The Morgan fingerprint density at radius 1 is 1.39 bits per heavy atom. The Labute approximate surface area is 164 Å². The summed E-state index contributed by atoms with van der Waals surface area (Å²) in [4.78, 5) is 38.2. The number of likely N-dealkylation sites (tertiary alicyclic amines) is 1. The second kappa shape index (κ2) is 9.61. The van der Waals surface area contributed by atoms with Crippen LogP contribution in [0.5, 0.6) is 0 Å². The summed E-state index contributed by atoms with van der Waals surface area (Å²) in [5.41, 5.74) is 0.851. The molecule has 1 aromatic carbocycles. The molecular formula is C19H28N4O5. The number of carbonyl (C=O) groups is 2. The Balaban J connectivity index is 1.99. The van der Waals surface area contributed by atoms with Gasteiger partial charge in [-0.05, 0) is 52.8 Å². The van der Waals surface area contributed by atoms with E-state index in [1.54, 1.807) is 19.1 Å². The van der Waals surface area contributed by atoms with Crippen LogP contribution in [0.25, 0.3) is 0 Å². The number of aliphatic carboxylic acids is 1. The van der Waals surface area contributed by atoms with E-state index < -0.39 is 10.9 Å². The molecule has 0 aromatic heterocycles. The predicted octanol–water partition coefficient (Wildman–Crippen LogP) is 2.10. The first-order chi connectivity index (χ1) is 13.2. The van der Waals surface area contributed by atoms with E-state index in [0.29, 0.717) is 17.8 Å². The third-order valence-corrected chi connectivity index (χ3v) is 5.43. The Kier molecular flexibility index (Phi) is 7.47. The highest BCUT2D eigenvalue weighted by atomic mass is 16.6. The zero-order valence-corrected chi connectivity index (χ0v) is 16.6. The number of rotatable bonds is 7. The summed E-state index contributed by atoms with van der Waals surface area (Å²) in [6.07, 6.45) is 2.55. The van der Waals surface area contributed by atoms with Gasteiger partial charge in [0.25, 0.3) is 5.69 Å². The van der Waals surface area contributed by atoms with Gasteiger partial charge in [0.2, 0.25) is 5.91 Å². The fraction of sp³-hybridized carbons (Fsp3) is 0.579. The van der Waals surface area contributed by atoms with Crippen LogP contribution in [0.4, 0.5) is 11.4 Å². The van der Waals surface area contributed by atoms with Crippen LogP contribution >= 0.6 is 0 Å². The van der Waals surface area contributed by atoms with Crippen molar-refractivity contribution in [2.24, 2.45) is 0 Å². The van der Waals surface area contributed by atoms with Crippen molar-refractivity contribution in [2.45, 2.75) is 45.2 Å². The number of carboxylic acids is 1. The number of likely N-dealkylation sites (N-methyl/N-ethyl adjacent to an activating group) is 1. The van der Waals surface area contributed by atoms with Gasteiger partial charge in [0.1, 0.15) is 0 Å². The van der Waals surface area contributed by atoms with E-state index in [9.17, 15) is 19.7 Å². The van der Waals surface area contributed by atoms with E-state index in [0.717, 1.165) is 25.8 Å². The van der Waals surface area contributed by atoms with Crippen LogP contribution < -0.4 is 5.32 Å². The van der Waals surface area contributed by atoms with Gasteiger partial charge in [-0.2, -0.15) is 0 Å². The fourth-order valence-corrected chi connectivity index (χ4v) is 3.63. The summed E-state index contributed by atoms with van der Waals surface area (Å²) < 4.78 is 0. The minimum Gasteiger partial charge on any atom is -0.480 e. The maximum atomic E-state index is 12.7. The molecule has 2 rings (SSSR count). The first-order valence-electron chi connectivity index (χ1n) is 9.41. The van der Waals surface area contributed by atoms with Crippen molar-refractivity contribution in [3.63, 3.8) is 0 Å². The lowest BCUT2D eigenvalue weighted by atomic mass is 10.1. The minimum absolute atomic E-state index is 0.00672. The van der Waals surface area contributed by atoms with E-state index in [2.05, 4.69) is 10.2 Å². The van der Waals surface area contributed by atoms with Crippen molar-refractivity contribution in [1.29, 1.82) is 0 Å². The first kappa shape index (κ1) is 21.8. The van der Waals surface area contributed by atoms with Crippen molar-refractivity contribution < 1.29 is 19.6 Å². The van der Waals surface area contributed by atoms with Crippen molar-refractivity contribution >= 4 is 23.3 Å². The van der Waals surface area contributed by atoms with Gasteiger partial charge in [0.15, 0.2) is 0 Å². The topological polar surface area (TPSA) is 116 Å². The summed E-state index contributed by atoms with van der Waals surface area (Å²) in [5, 5.41) is 22.9. The number of nitro benzene ring substituents is 1. The summed E-state index contributed by atoms with van der Waals surface area (Å²) >= 11 is 0. The predicted molar refractivity (Wildman–Crippen MR) is 105 cm³/mol. The highest BCUT2D eigenvalue weighted by molar-refractivity contribution is 5.95. The van der Waals surface area contributed by atoms with Crippen LogP contribution in [0, 0.1) is 17.0 Å². The SMILES string of the molecule is Cc1c(NC(=O)C(C)N2CCCC(N(C)CC(=O)O)CC2)cccc1[N+](=O)[O-]. The van der Waals surface area contributed by atoms with Crippen LogP contribution in [0.3, 0.4) is 0 Å². The van der Waals surface area contributed by atoms with Crippen LogP contribution in [-0.2, 0) is 9.59 Å². The molecule has 0 aliphatic carbocycles. The highest BCUT2D eigenvalue weighted by Gasteiger charge is 2.27. The molecule has 1 saturated heterocycles. The molecule has 2 atom stereocenters. The molecule has 9 nitrogen and oxygen atoms in total. The maximum Gasteiger partial charge on any atom is 0.317 e. The number of hydrogen-bond acceptors (Lipinski definition) is 6. The Morgan fingerprint density at radius 3 is 2.75 bits per heavy atom. The molecule has 0 bridgehead atoms. The number of benzene rings is 1. The van der Waals surface area contributed by atoms with Crippen molar-refractivity contribution in [3.05, 3.63) is 33.9 Å². The molecule has 1 fully saturated rings. The molecule has 0 saturated carbocycles. The van der Waals surface area contributed by atoms with Gasteiger partial charge in [0, 0.05) is 18.7 Å². The summed E-state index contributed by atoms with van der Waals surface area (Å²) in [6.45, 7) is 4.89. The number of nitrogens with one attached hydrogen (secondary N) is 1. The molecule has 9 heteroatoms. The minimum atomic E-state index is -0.844. The second-order valence-electron chi connectivity index (χ2n) is 7.30. The molecule has 1 amide bonds. The molecule has 1 aromatic rings. The Morgan fingerprint density at radius 2 is 2.11 bits per heavy atom. The number of carboxylic acid groups (broad SMARTS) is 1. The molecule has 0 spiro atoms. The van der Waals surface area contributed by atoms with Crippen LogP contribution in [0.1, 0.15) is 31.7 Å². The molecule has 2 N–H and O–H groups in total. The van der Waals surface area contributed by atoms with Gasteiger partial charge in [-0.15, -0.1) is 0 Å². The standard InChI is InChI=1S/C19H28N4O5/c1-13-16(7-4-8-17(13)23(27)28)20-19(26)14(2)22-10-5-6-15(9-11-22)21(3)12-18(24)25/h4,7-8,14-15H,5-6,9-12H2,1-3H3,(H,20,26)(H,24,25). The first-order valence-corrected chi connectivity index (χ1v) is 9.41. The molecule has 2 unspecified atom stereocenters. The zero-order valence-electron chi connectivity index (χ0n) is 16.6. The average molecular weight is 392 g/mol. The van der Waals surface area contributed by atoms with Crippen molar-refractivity contribution in [2.75, 3.05) is 32.0 Å².